The molecular weight excluding hydrogens is 191 g/mol. The van der Waals surface area contributed by atoms with Crippen molar-refractivity contribution in [3.05, 3.63) is 0 Å². The summed E-state index contributed by atoms with van der Waals surface area (Å²) >= 11 is 0. The molecule has 13 heavy (non-hydrogen) atoms. The minimum absolute atomic E-state index is 0.166. The molecule has 0 fully saturated rings. The van der Waals surface area contributed by atoms with Crippen molar-refractivity contribution in [3.63, 3.8) is 0 Å². The van der Waals surface area contributed by atoms with E-state index in [1.54, 1.807) is 0 Å². The second-order valence-electron chi connectivity index (χ2n) is 2.72. The molecule has 0 aliphatic carbocycles. The molecular formula is C8H15O4P. The van der Waals surface area contributed by atoms with Crippen LogP contribution >= 0.6 is 7.92 Å². The summed E-state index contributed by atoms with van der Waals surface area (Å²) in [7, 11) is -0.385. The molecule has 0 aromatic heterocycles. The molecule has 76 valence electrons. The molecule has 0 aromatic carbocycles. The highest BCUT2D eigenvalue weighted by molar-refractivity contribution is 7.57. The Hall–Kier alpha value is -0.630. The SMILES string of the molecule is CCP(CCC(=O)O)CCC(=O)O. The first-order chi connectivity index (χ1) is 6.06. The highest BCUT2D eigenvalue weighted by Gasteiger charge is 2.09. The minimum atomic E-state index is -0.795. The molecule has 0 atom stereocenters. The Morgan fingerprint density at radius 1 is 1.08 bits per heavy atom. The van der Waals surface area contributed by atoms with Crippen molar-refractivity contribution in [2.75, 3.05) is 18.5 Å². The summed E-state index contributed by atoms with van der Waals surface area (Å²) in [5.74, 6) is -1.59. The fourth-order valence-electron chi connectivity index (χ4n) is 0.936. The van der Waals surface area contributed by atoms with Gasteiger partial charge in [0.2, 0.25) is 0 Å². The third-order valence-corrected chi connectivity index (χ3v) is 4.34. The van der Waals surface area contributed by atoms with E-state index >= 15 is 0 Å². The van der Waals surface area contributed by atoms with Gasteiger partial charge in [0.15, 0.2) is 0 Å². The maximum atomic E-state index is 10.3. The highest BCUT2D eigenvalue weighted by atomic mass is 31.1. The number of carboxylic acid groups (broad SMARTS) is 2. The van der Waals surface area contributed by atoms with E-state index in [1.807, 2.05) is 6.92 Å². The molecule has 0 heterocycles. The fraction of sp³-hybridized carbons (Fsp3) is 0.750. The zero-order valence-corrected chi connectivity index (χ0v) is 8.59. The van der Waals surface area contributed by atoms with Gasteiger partial charge in [0, 0.05) is 12.8 Å². The molecule has 0 aliphatic heterocycles. The van der Waals surface area contributed by atoms with E-state index in [4.69, 9.17) is 10.2 Å². The maximum absolute atomic E-state index is 10.3. The predicted octanol–water partition coefficient (Wildman–Crippen LogP) is 1.44. The van der Waals surface area contributed by atoms with Crippen LogP contribution in [0.25, 0.3) is 0 Å². The Kier molecular flexibility index (Phi) is 6.51. The fourth-order valence-corrected chi connectivity index (χ4v) is 2.81. The molecule has 4 nitrogen and oxygen atoms in total. The van der Waals surface area contributed by atoms with Crippen LogP contribution in [0.2, 0.25) is 0 Å². The molecule has 0 rings (SSSR count). The van der Waals surface area contributed by atoms with Crippen LogP contribution in [0, 0.1) is 0 Å². The highest BCUT2D eigenvalue weighted by Crippen LogP contribution is 2.36. The topological polar surface area (TPSA) is 74.6 Å². The summed E-state index contributed by atoms with van der Waals surface area (Å²) in [5, 5.41) is 16.9. The molecule has 0 saturated carbocycles. The predicted molar refractivity (Wildman–Crippen MR) is 51.7 cm³/mol. The first-order valence-electron chi connectivity index (χ1n) is 4.22. The van der Waals surface area contributed by atoms with Crippen molar-refractivity contribution in [1.82, 2.24) is 0 Å². The lowest BCUT2D eigenvalue weighted by atomic mass is 10.5. The van der Waals surface area contributed by atoms with Crippen LogP contribution in [0.4, 0.5) is 0 Å². The number of rotatable bonds is 7. The normalized spacial score (nSPS) is 10.3. The van der Waals surface area contributed by atoms with E-state index in [0.717, 1.165) is 6.16 Å². The Balaban J connectivity index is 3.63. The second-order valence-corrected chi connectivity index (χ2v) is 5.59. The van der Waals surface area contributed by atoms with Crippen LogP contribution < -0.4 is 0 Å². The van der Waals surface area contributed by atoms with Crippen LogP contribution in [-0.2, 0) is 9.59 Å². The molecule has 5 heteroatoms. The standard InChI is InChI=1S/C8H15O4P/c1-2-13(5-3-7(9)10)6-4-8(11)12/h2-6H2,1H3,(H,9,10)(H,11,12). The van der Waals surface area contributed by atoms with Gasteiger partial charge < -0.3 is 10.2 Å². The van der Waals surface area contributed by atoms with Crippen LogP contribution in [0.1, 0.15) is 19.8 Å². The van der Waals surface area contributed by atoms with Crippen LogP contribution in [0.5, 0.6) is 0 Å². The van der Waals surface area contributed by atoms with Gasteiger partial charge in [-0.3, -0.25) is 9.59 Å². The summed E-state index contributed by atoms with van der Waals surface area (Å²) in [5.41, 5.74) is 0. The number of hydrogen-bond acceptors (Lipinski definition) is 2. The van der Waals surface area contributed by atoms with E-state index in [9.17, 15) is 9.59 Å². The van der Waals surface area contributed by atoms with Gasteiger partial charge in [-0.2, -0.15) is 0 Å². The van der Waals surface area contributed by atoms with Crippen LogP contribution in [0.3, 0.4) is 0 Å². The summed E-state index contributed by atoms with van der Waals surface area (Å²) in [6.45, 7) is 1.98. The van der Waals surface area contributed by atoms with E-state index in [1.165, 1.54) is 0 Å². The molecule has 0 aromatic rings. The first kappa shape index (κ1) is 12.4. The monoisotopic (exact) mass is 206 g/mol. The average molecular weight is 206 g/mol. The van der Waals surface area contributed by atoms with E-state index in [-0.39, 0.29) is 20.8 Å². The molecule has 0 bridgehead atoms. The quantitative estimate of drug-likeness (QED) is 0.618. The van der Waals surface area contributed by atoms with Gasteiger partial charge in [0.1, 0.15) is 0 Å². The van der Waals surface area contributed by atoms with Crippen molar-refractivity contribution in [3.8, 4) is 0 Å². The lowest BCUT2D eigenvalue weighted by molar-refractivity contribution is -0.137. The largest absolute Gasteiger partial charge is 0.481 e. The van der Waals surface area contributed by atoms with E-state index in [2.05, 4.69) is 0 Å². The molecule has 0 radical (unpaired) electrons. The molecule has 0 aliphatic rings. The second kappa shape index (κ2) is 6.84. The Bertz CT molecular complexity index is 163. The zero-order chi connectivity index (χ0) is 10.3. The molecule has 0 spiro atoms. The van der Waals surface area contributed by atoms with Crippen molar-refractivity contribution < 1.29 is 19.8 Å². The Morgan fingerprint density at radius 2 is 1.46 bits per heavy atom. The smallest absolute Gasteiger partial charge is 0.303 e. The van der Waals surface area contributed by atoms with Gasteiger partial charge in [-0.1, -0.05) is 6.92 Å². The zero-order valence-electron chi connectivity index (χ0n) is 7.69. The Labute approximate surface area is 78.7 Å². The third-order valence-electron chi connectivity index (χ3n) is 1.73. The summed E-state index contributed by atoms with van der Waals surface area (Å²) in [6.07, 6.45) is 2.54. The molecule has 0 saturated heterocycles. The van der Waals surface area contributed by atoms with Crippen LogP contribution in [0.15, 0.2) is 0 Å². The van der Waals surface area contributed by atoms with Crippen molar-refractivity contribution in [2.45, 2.75) is 19.8 Å². The lowest BCUT2D eigenvalue weighted by Gasteiger charge is -2.12. The molecule has 2 N–H and O–H groups in total. The Morgan fingerprint density at radius 3 is 1.69 bits per heavy atom. The summed E-state index contributed by atoms with van der Waals surface area (Å²) in [6, 6.07) is 0. The van der Waals surface area contributed by atoms with Gasteiger partial charge in [-0.15, -0.1) is 7.92 Å². The number of hydrogen-bond donors (Lipinski definition) is 2. The maximum Gasteiger partial charge on any atom is 0.303 e. The van der Waals surface area contributed by atoms with Gasteiger partial charge in [0.25, 0.3) is 0 Å². The number of carbonyl (C=O) groups is 2. The van der Waals surface area contributed by atoms with Gasteiger partial charge in [0.05, 0.1) is 0 Å². The molecule has 0 amide bonds. The lowest BCUT2D eigenvalue weighted by Crippen LogP contribution is -2.04. The minimum Gasteiger partial charge on any atom is -0.481 e. The van der Waals surface area contributed by atoms with Gasteiger partial charge in [-0.05, 0) is 18.5 Å². The van der Waals surface area contributed by atoms with E-state index in [0.29, 0.717) is 12.3 Å². The summed E-state index contributed by atoms with van der Waals surface area (Å²) < 4.78 is 0. The summed E-state index contributed by atoms with van der Waals surface area (Å²) in [4.78, 5) is 20.5. The third kappa shape index (κ3) is 7.72. The van der Waals surface area contributed by atoms with Gasteiger partial charge in [-0.25, -0.2) is 0 Å². The molecule has 0 unspecified atom stereocenters. The average Bonchev–Trinajstić information content (AvgIpc) is 2.04. The van der Waals surface area contributed by atoms with Crippen molar-refractivity contribution in [2.24, 2.45) is 0 Å². The van der Waals surface area contributed by atoms with Crippen LogP contribution in [-0.4, -0.2) is 40.6 Å². The first-order valence-corrected chi connectivity index (χ1v) is 6.12. The van der Waals surface area contributed by atoms with E-state index < -0.39 is 11.9 Å². The van der Waals surface area contributed by atoms with Gasteiger partial charge >= 0.3 is 11.9 Å². The number of aliphatic carboxylic acids is 2. The van der Waals surface area contributed by atoms with Crippen molar-refractivity contribution in [1.29, 1.82) is 0 Å². The number of carboxylic acids is 2. The van der Waals surface area contributed by atoms with Crippen molar-refractivity contribution >= 4 is 19.9 Å².